The van der Waals surface area contributed by atoms with Crippen LogP contribution in [0.3, 0.4) is 0 Å². The van der Waals surface area contributed by atoms with Gasteiger partial charge in [0.2, 0.25) is 5.91 Å². The third-order valence-electron chi connectivity index (χ3n) is 5.77. The zero-order valence-corrected chi connectivity index (χ0v) is 19.0. The summed E-state index contributed by atoms with van der Waals surface area (Å²) in [4.78, 5) is 26.0. The topological polar surface area (TPSA) is 126 Å². The van der Waals surface area contributed by atoms with Crippen LogP contribution in [0.1, 0.15) is 44.1 Å². The van der Waals surface area contributed by atoms with E-state index in [-0.39, 0.29) is 12.2 Å². The van der Waals surface area contributed by atoms with Gasteiger partial charge in [0, 0.05) is 31.7 Å². The van der Waals surface area contributed by atoms with Crippen molar-refractivity contribution in [3.63, 3.8) is 0 Å². The highest BCUT2D eigenvalue weighted by molar-refractivity contribution is 6.06. The average molecular weight is 447 g/mol. The van der Waals surface area contributed by atoms with Crippen molar-refractivity contribution >= 4 is 22.7 Å². The third kappa shape index (κ3) is 5.85. The van der Waals surface area contributed by atoms with Crippen LogP contribution in [0.15, 0.2) is 24.3 Å². The lowest BCUT2D eigenvalue weighted by molar-refractivity contribution is -0.125. The van der Waals surface area contributed by atoms with E-state index in [0.717, 1.165) is 37.0 Å². The van der Waals surface area contributed by atoms with Crippen molar-refractivity contribution in [1.82, 2.24) is 20.4 Å². The maximum atomic E-state index is 13.2. The Morgan fingerprint density at radius 1 is 1.25 bits per heavy atom. The molecule has 0 unspecified atom stereocenters. The van der Waals surface area contributed by atoms with Crippen molar-refractivity contribution in [1.29, 1.82) is 0 Å². The number of hydrogen-bond donors (Lipinski definition) is 4. The number of aromatic nitrogens is 2. The van der Waals surface area contributed by atoms with E-state index in [2.05, 4.69) is 15.7 Å². The van der Waals surface area contributed by atoms with Crippen molar-refractivity contribution in [2.45, 2.75) is 52.3 Å². The van der Waals surface area contributed by atoms with Gasteiger partial charge >= 0.3 is 0 Å². The zero-order chi connectivity index (χ0) is 23.3. The molecule has 176 valence electrons. The van der Waals surface area contributed by atoms with Gasteiger partial charge in [-0.2, -0.15) is 5.10 Å². The standard InChI is InChI=1S/C23H34N4O5/c1-23(2,3)20(22(31)24-12-16(29)14-28)25-21(30)19-17-6-4-5-7-18(17)27(26-19)13-15-8-10-32-11-9-15/h4-7,15-16,20,28-29H,8-14H2,1-3H3,(H,24,31)(H,25,30)/t16-,20+/m0/s1. The van der Waals surface area contributed by atoms with E-state index >= 15 is 0 Å². The second kappa shape index (κ2) is 10.4. The lowest BCUT2D eigenvalue weighted by Crippen LogP contribution is -2.54. The molecule has 2 aromatic rings. The van der Waals surface area contributed by atoms with Gasteiger partial charge in [-0.25, -0.2) is 0 Å². The molecule has 0 bridgehead atoms. The summed E-state index contributed by atoms with van der Waals surface area (Å²) < 4.78 is 7.33. The van der Waals surface area contributed by atoms with E-state index in [0.29, 0.717) is 12.5 Å². The normalized spacial score (nSPS) is 17.2. The Bertz CT molecular complexity index is 930. The van der Waals surface area contributed by atoms with Crippen molar-refractivity contribution in [3.05, 3.63) is 30.0 Å². The van der Waals surface area contributed by atoms with Gasteiger partial charge in [0.15, 0.2) is 5.69 Å². The van der Waals surface area contributed by atoms with Crippen molar-refractivity contribution in [2.24, 2.45) is 11.3 Å². The first-order valence-corrected chi connectivity index (χ1v) is 11.1. The van der Waals surface area contributed by atoms with Gasteiger partial charge in [-0.1, -0.05) is 39.0 Å². The van der Waals surface area contributed by atoms with Gasteiger partial charge in [0.1, 0.15) is 6.04 Å². The smallest absolute Gasteiger partial charge is 0.273 e. The number of carbonyl (C=O) groups excluding carboxylic acids is 2. The summed E-state index contributed by atoms with van der Waals surface area (Å²) in [6.45, 7) is 7.18. The molecule has 9 nitrogen and oxygen atoms in total. The molecule has 2 heterocycles. The molecular weight excluding hydrogens is 412 g/mol. The van der Waals surface area contributed by atoms with Crippen LogP contribution < -0.4 is 10.6 Å². The largest absolute Gasteiger partial charge is 0.394 e. The third-order valence-corrected chi connectivity index (χ3v) is 5.77. The van der Waals surface area contributed by atoms with Crippen molar-refractivity contribution in [3.8, 4) is 0 Å². The summed E-state index contributed by atoms with van der Waals surface area (Å²) in [6, 6.07) is 6.75. The van der Waals surface area contributed by atoms with Crippen LogP contribution in [0, 0.1) is 11.3 Å². The maximum Gasteiger partial charge on any atom is 0.273 e. The molecule has 1 aromatic carbocycles. The van der Waals surface area contributed by atoms with Crippen LogP contribution in [0.4, 0.5) is 0 Å². The molecule has 9 heteroatoms. The number of nitrogens with one attached hydrogen (secondary N) is 2. The van der Waals surface area contributed by atoms with Crippen LogP contribution in [0.25, 0.3) is 10.9 Å². The highest BCUT2D eigenvalue weighted by atomic mass is 16.5. The minimum atomic E-state index is -1.06. The number of carbonyl (C=O) groups is 2. The number of aliphatic hydroxyl groups excluding tert-OH is 2. The molecule has 1 fully saturated rings. The zero-order valence-electron chi connectivity index (χ0n) is 19.0. The second-order valence-electron chi connectivity index (χ2n) is 9.46. The predicted molar refractivity (Wildman–Crippen MR) is 120 cm³/mol. The molecule has 1 aliphatic heterocycles. The average Bonchev–Trinajstić information content (AvgIpc) is 3.14. The first-order chi connectivity index (χ1) is 15.2. The first kappa shape index (κ1) is 24.2. The fraction of sp³-hybridized carbons (Fsp3) is 0.609. The lowest BCUT2D eigenvalue weighted by atomic mass is 9.86. The SMILES string of the molecule is CC(C)(C)[C@H](NC(=O)c1nn(CC2CCOCC2)c2ccccc12)C(=O)NC[C@H](O)CO. The van der Waals surface area contributed by atoms with E-state index in [1.54, 1.807) is 0 Å². The molecular formula is C23H34N4O5. The summed E-state index contributed by atoms with van der Waals surface area (Å²) in [5.74, 6) is -0.414. The molecule has 0 radical (unpaired) electrons. The molecule has 2 amide bonds. The molecule has 2 atom stereocenters. The number of para-hydroxylation sites is 1. The molecule has 4 N–H and O–H groups in total. The van der Waals surface area contributed by atoms with Crippen LogP contribution in [0.2, 0.25) is 0 Å². The summed E-state index contributed by atoms with van der Waals surface area (Å²) in [7, 11) is 0. The summed E-state index contributed by atoms with van der Waals surface area (Å²) >= 11 is 0. The van der Waals surface area contributed by atoms with E-state index in [9.17, 15) is 14.7 Å². The number of benzene rings is 1. The van der Waals surface area contributed by atoms with Crippen LogP contribution in [-0.2, 0) is 16.1 Å². The quantitative estimate of drug-likeness (QED) is 0.481. The minimum absolute atomic E-state index is 0.0968. The minimum Gasteiger partial charge on any atom is -0.394 e. The van der Waals surface area contributed by atoms with Crippen molar-refractivity contribution in [2.75, 3.05) is 26.4 Å². The number of fused-ring (bicyclic) bond motifs is 1. The Morgan fingerprint density at radius 2 is 1.94 bits per heavy atom. The molecule has 32 heavy (non-hydrogen) atoms. The first-order valence-electron chi connectivity index (χ1n) is 11.1. The van der Waals surface area contributed by atoms with Gasteiger partial charge in [-0.05, 0) is 30.2 Å². The molecule has 1 saturated heterocycles. The van der Waals surface area contributed by atoms with E-state index < -0.39 is 36.0 Å². The molecule has 1 aliphatic rings. The lowest BCUT2D eigenvalue weighted by Gasteiger charge is -2.30. The second-order valence-corrected chi connectivity index (χ2v) is 9.46. The Morgan fingerprint density at radius 3 is 2.59 bits per heavy atom. The van der Waals surface area contributed by atoms with E-state index in [4.69, 9.17) is 9.84 Å². The number of hydrogen-bond acceptors (Lipinski definition) is 6. The Balaban J connectivity index is 1.82. The van der Waals surface area contributed by atoms with Gasteiger partial charge < -0.3 is 25.6 Å². The Hall–Kier alpha value is -2.49. The fourth-order valence-corrected chi connectivity index (χ4v) is 3.87. The highest BCUT2D eigenvalue weighted by Crippen LogP contribution is 2.24. The van der Waals surface area contributed by atoms with Crippen molar-refractivity contribution < 1.29 is 24.5 Å². The molecule has 3 rings (SSSR count). The predicted octanol–water partition coefficient (Wildman–Crippen LogP) is 1.08. The van der Waals surface area contributed by atoms with Crippen LogP contribution >= 0.6 is 0 Å². The van der Waals surface area contributed by atoms with Gasteiger partial charge in [-0.3, -0.25) is 14.3 Å². The number of aliphatic hydroxyl groups is 2. The number of rotatable bonds is 8. The Labute approximate surface area is 188 Å². The fourth-order valence-electron chi connectivity index (χ4n) is 3.87. The van der Waals surface area contributed by atoms with E-state index in [1.807, 2.05) is 49.7 Å². The number of ether oxygens (including phenoxy) is 1. The van der Waals surface area contributed by atoms with Crippen LogP contribution in [0.5, 0.6) is 0 Å². The monoisotopic (exact) mass is 446 g/mol. The van der Waals surface area contributed by atoms with Gasteiger partial charge in [-0.15, -0.1) is 0 Å². The highest BCUT2D eigenvalue weighted by Gasteiger charge is 2.34. The molecule has 0 aliphatic carbocycles. The van der Waals surface area contributed by atoms with Crippen LogP contribution in [-0.4, -0.2) is 70.3 Å². The molecule has 0 spiro atoms. The number of nitrogens with zero attached hydrogens (tertiary/aromatic N) is 2. The van der Waals surface area contributed by atoms with Gasteiger partial charge in [0.25, 0.3) is 5.91 Å². The van der Waals surface area contributed by atoms with E-state index in [1.165, 1.54) is 0 Å². The summed E-state index contributed by atoms with van der Waals surface area (Å²) in [5.41, 5.74) is 0.585. The molecule has 0 saturated carbocycles. The molecule has 1 aromatic heterocycles. The summed E-state index contributed by atoms with van der Waals surface area (Å²) in [5, 5.41) is 29.3. The summed E-state index contributed by atoms with van der Waals surface area (Å²) in [6.07, 6.45) is 0.865. The maximum absolute atomic E-state index is 13.2. The van der Waals surface area contributed by atoms with Gasteiger partial charge in [0.05, 0.1) is 18.2 Å². The Kier molecular flexibility index (Phi) is 7.86. The number of amides is 2.